The number of halogens is 3. The van der Waals surface area contributed by atoms with Crippen LogP contribution < -0.4 is 15.5 Å². The summed E-state index contributed by atoms with van der Waals surface area (Å²) in [6, 6.07) is 14.3. The van der Waals surface area contributed by atoms with Crippen molar-refractivity contribution in [2.24, 2.45) is 0 Å². The fourth-order valence-corrected chi connectivity index (χ4v) is 5.01. The molecule has 6 nitrogen and oxygen atoms in total. The molecule has 0 spiro atoms. The summed E-state index contributed by atoms with van der Waals surface area (Å²) in [5, 5.41) is 6.12. The number of nitrogens with one attached hydrogen (secondary N) is 2. The van der Waals surface area contributed by atoms with Crippen LogP contribution in [-0.4, -0.2) is 48.0 Å². The highest BCUT2D eigenvalue weighted by molar-refractivity contribution is 6.31. The van der Waals surface area contributed by atoms with Crippen molar-refractivity contribution in [3.63, 3.8) is 0 Å². The lowest BCUT2D eigenvalue weighted by atomic mass is 10.0. The maximum atomic E-state index is 14.4. The zero-order chi connectivity index (χ0) is 25.1. The van der Waals surface area contributed by atoms with Gasteiger partial charge in [0.2, 0.25) is 0 Å². The Morgan fingerprint density at radius 3 is 2.58 bits per heavy atom. The van der Waals surface area contributed by atoms with Gasteiger partial charge in [-0.2, -0.15) is 0 Å². The number of anilines is 2. The number of carbonyl (C=O) groups excluding carboxylic acids is 1. The number of piperidine rings is 1. The number of rotatable bonds is 6. The molecule has 5 rings (SSSR count). The molecule has 2 aromatic carbocycles. The van der Waals surface area contributed by atoms with Gasteiger partial charge in [0.25, 0.3) is 5.91 Å². The fourth-order valence-electron chi connectivity index (χ4n) is 4.80. The van der Waals surface area contributed by atoms with Crippen molar-refractivity contribution in [3.05, 3.63) is 88.1 Å². The SMILES string of the molecule is O=C(NC1CCN(Cc2ccccc2)CC1)c1cnc2c(c1)N(Cc1c(F)ccc(F)c1Cl)CCN2. The van der Waals surface area contributed by atoms with Gasteiger partial charge in [0.15, 0.2) is 0 Å². The van der Waals surface area contributed by atoms with Crippen molar-refractivity contribution in [3.8, 4) is 0 Å². The lowest BCUT2D eigenvalue weighted by Gasteiger charge is -2.33. The first kappa shape index (κ1) is 24.5. The summed E-state index contributed by atoms with van der Waals surface area (Å²) >= 11 is 6.05. The normalized spacial score (nSPS) is 16.4. The minimum absolute atomic E-state index is 0.0731. The van der Waals surface area contributed by atoms with E-state index in [0.29, 0.717) is 30.2 Å². The van der Waals surface area contributed by atoms with Crippen LogP contribution in [0.2, 0.25) is 5.02 Å². The second-order valence-corrected chi connectivity index (χ2v) is 9.65. The number of hydrogen-bond donors (Lipinski definition) is 2. The van der Waals surface area contributed by atoms with Crippen LogP contribution in [0.25, 0.3) is 0 Å². The standard InChI is InChI=1S/C27H28ClF2N5O/c28-25-21(22(29)6-7-23(25)30)17-35-13-10-31-26-24(35)14-19(15-32-26)27(36)33-20-8-11-34(12-9-20)16-18-4-2-1-3-5-18/h1-7,14-15,20H,8-13,16-17H2,(H,31,32)(H,33,36). The molecule has 0 saturated carbocycles. The van der Waals surface area contributed by atoms with Crippen LogP contribution in [0.1, 0.15) is 34.3 Å². The molecule has 1 saturated heterocycles. The molecule has 1 fully saturated rings. The Bertz CT molecular complexity index is 1230. The van der Waals surface area contributed by atoms with Gasteiger partial charge >= 0.3 is 0 Å². The minimum Gasteiger partial charge on any atom is -0.367 e. The van der Waals surface area contributed by atoms with Crippen LogP contribution in [0.4, 0.5) is 20.3 Å². The number of amides is 1. The number of fused-ring (bicyclic) bond motifs is 1. The summed E-state index contributed by atoms with van der Waals surface area (Å²) in [7, 11) is 0. The Morgan fingerprint density at radius 2 is 1.81 bits per heavy atom. The van der Waals surface area contributed by atoms with Gasteiger partial charge in [0, 0.05) is 57.1 Å². The van der Waals surface area contributed by atoms with E-state index in [0.717, 1.165) is 44.6 Å². The van der Waals surface area contributed by atoms with Crippen LogP contribution in [-0.2, 0) is 13.1 Å². The third kappa shape index (κ3) is 5.44. The molecular formula is C27H28ClF2N5O. The second kappa shape index (κ2) is 10.8. The Hall–Kier alpha value is -3.23. The zero-order valence-corrected chi connectivity index (χ0v) is 20.6. The van der Waals surface area contributed by atoms with Crippen molar-refractivity contribution < 1.29 is 13.6 Å². The van der Waals surface area contributed by atoms with Gasteiger partial charge in [-0.3, -0.25) is 9.69 Å². The van der Waals surface area contributed by atoms with Crippen molar-refractivity contribution in [1.82, 2.24) is 15.2 Å². The largest absolute Gasteiger partial charge is 0.367 e. The number of benzene rings is 2. The van der Waals surface area contributed by atoms with Crippen molar-refractivity contribution in [2.75, 3.05) is 36.4 Å². The highest BCUT2D eigenvalue weighted by Gasteiger charge is 2.25. The number of pyridine rings is 1. The molecule has 3 heterocycles. The molecule has 9 heteroatoms. The lowest BCUT2D eigenvalue weighted by molar-refractivity contribution is 0.0908. The molecule has 0 aliphatic carbocycles. The predicted molar refractivity (Wildman–Crippen MR) is 137 cm³/mol. The fraction of sp³-hybridized carbons (Fsp3) is 0.333. The third-order valence-corrected chi connectivity index (χ3v) is 7.21. The molecule has 3 aromatic rings. The van der Waals surface area contributed by atoms with E-state index in [-0.39, 0.29) is 29.1 Å². The molecule has 0 radical (unpaired) electrons. The van der Waals surface area contributed by atoms with Gasteiger partial charge in [-0.15, -0.1) is 0 Å². The second-order valence-electron chi connectivity index (χ2n) is 9.27. The molecular weight excluding hydrogens is 484 g/mol. The molecule has 0 atom stereocenters. The van der Waals surface area contributed by atoms with E-state index >= 15 is 0 Å². The van der Waals surface area contributed by atoms with Crippen molar-refractivity contribution >= 4 is 29.0 Å². The van der Waals surface area contributed by atoms with Gasteiger partial charge in [-0.25, -0.2) is 13.8 Å². The maximum Gasteiger partial charge on any atom is 0.253 e. The Kier molecular flexibility index (Phi) is 7.34. The molecule has 0 unspecified atom stereocenters. The van der Waals surface area contributed by atoms with E-state index in [2.05, 4.69) is 44.8 Å². The van der Waals surface area contributed by atoms with Crippen LogP contribution in [0.15, 0.2) is 54.7 Å². The zero-order valence-electron chi connectivity index (χ0n) is 19.8. The molecule has 1 aromatic heterocycles. The molecule has 0 bridgehead atoms. The molecule has 188 valence electrons. The summed E-state index contributed by atoms with van der Waals surface area (Å²) in [5.74, 6) is -0.821. The average Bonchev–Trinajstić information content (AvgIpc) is 2.90. The van der Waals surface area contributed by atoms with Gasteiger partial charge in [0.05, 0.1) is 16.3 Å². The number of aromatic nitrogens is 1. The van der Waals surface area contributed by atoms with E-state index in [1.807, 2.05) is 11.0 Å². The topological polar surface area (TPSA) is 60.5 Å². The van der Waals surface area contributed by atoms with Gasteiger partial charge in [-0.05, 0) is 36.6 Å². The number of likely N-dealkylation sites (tertiary alicyclic amines) is 1. The van der Waals surface area contributed by atoms with E-state index in [4.69, 9.17) is 11.6 Å². The first-order chi connectivity index (χ1) is 17.5. The first-order valence-corrected chi connectivity index (χ1v) is 12.5. The highest BCUT2D eigenvalue weighted by Crippen LogP contribution is 2.32. The van der Waals surface area contributed by atoms with Crippen molar-refractivity contribution in [2.45, 2.75) is 32.0 Å². The lowest BCUT2D eigenvalue weighted by Crippen LogP contribution is -2.44. The van der Waals surface area contributed by atoms with Crippen LogP contribution in [0, 0.1) is 11.6 Å². The number of hydrogen-bond acceptors (Lipinski definition) is 5. The van der Waals surface area contributed by atoms with Crippen LogP contribution >= 0.6 is 11.6 Å². The maximum absolute atomic E-state index is 14.4. The van der Waals surface area contributed by atoms with Gasteiger partial charge in [0.1, 0.15) is 17.5 Å². The smallest absolute Gasteiger partial charge is 0.253 e. The quantitative estimate of drug-likeness (QED) is 0.464. The molecule has 36 heavy (non-hydrogen) atoms. The Balaban J connectivity index is 1.24. The van der Waals surface area contributed by atoms with E-state index < -0.39 is 11.6 Å². The summed E-state index contributed by atoms with van der Waals surface area (Å²) < 4.78 is 28.3. The van der Waals surface area contributed by atoms with Gasteiger partial charge < -0.3 is 15.5 Å². The van der Waals surface area contributed by atoms with E-state index in [1.54, 1.807) is 12.3 Å². The third-order valence-electron chi connectivity index (χ3n) is 6.80. The molecule has 2 aliphatic rings. The highest BCUT2D eigenvalue weighted by atomic mass is 35.5. The van der Waals surface area contributed by atoms with Crippen LogP contribution in [0.3, 0.4) is 0 Å². The summed E-state index contributed by atoms with van der Waals surface area (Å²) in [5.41, 5.74) is 2.46. The van der Waals surface area contributed by atoms with E-state index in [9.17, 15) is 13.6 Å². The average molecular weight is 512 g/mol. The molecule has 1 amide bonds. The first-order valence-electron chi connectivity index (χ1n) is 12.2. The number of carbonyl (C=O) groups is 1. The summed E-state index contributed by atoms with van der Waals surface area (Å²) in [6.07, 6.45) is 3.30. The van der Waals surface area contributed by atoms with E-state index in [1.165, 1.54) is 5.56 Å². The summed E-state index contributed by atoms with van der Waals surface area (Å²) in [4.78, 5) is 21.7. The van der Waals surface area contributed by atoms with Crippen LogP contribution in [0.5, 0.6) is 0 Å². The van der Waals surface area contributed by atoms with Gasteiger partial charge in [-0.1, -0.05) is 41.9 Å². The Labute approximate surface area is 214 Å². The minimum atomic E-state index is -0.663. The monoisotopic (exact) mass is 511 g/mol. The molecule has 2 aliphatic heterocycles. The van der Waals surface area contributed by atoms with Crippen molar-refractivity contribution in [1.29, 1.82) is 0 Å². The summed E-state index contributed by atoms with van der Waals surface area (Å²) in [6.45, 7) is 3.94. The number of nitrogens with zero attached hydrogens (tertiary/aromatic N) is 3. The predicted octanol–water partition coefficient (Wildman–Crippen LogP) is 4.84. The molecule has 2 N–H and O–H groups in total. The Morgan fingerprint density at radius 1 is 1.06 bits per heavy atom.